The molecule has 2 atom stereocenters. The van der Waals surface area contributed by atoms with Gasteiger partial charge in [0.25, 0.3) is 10.1 Å². The Labute approximate surface area is 102 Å². The highest BCUT2D eigenvalue weighted by Crippen LogP contribution is 2.56. The van der Waals surface area contributed by atoms with Crippen molar-refractivity contribution in [1.82, 2.24) is 0 Å². The molecule has 0 radical (unpaired) electrons. The fourth-order valence-corrected chi connectivity index (χ4v) is 3.09. The Morgan fingerprint density at radius 2 is 2.06 bits per heavy atom. The first kappa shape index (κ1) is 12.3. The molecule has 0 saturated heterocycles. The van der Waals surface area contributed by atoms with E-state index in [1.807, 2.05) is 43.3 Å². The third kappa shape index (κ3) is 2.03. The lowest BCUT2D eigenvalue weighted by atomic mass is 10.0. The van der Waals surface area contributed by atoms with Crippen LogP contribution >= 0.6 is 0 Å². The van der Waals surface area contributed by atoms with Crippen molar-refractivity contribution in [3.63, 3.8) is 0 Å². The summed E-state index contributed by atoms with van der Waals surface area (Å²) in [5.41, 5.74) is 2.01. The molecular formula is C13H16O3S. The van der Waals surface area contributed by atoms with Gasteiger partial charge in [0.2, 0.25) is 0 Å². The van der Waals surface area contributed by atoms with Crippen molar-refractivity contribution in [2.24, 2.45) is 0 Å². The average molecular weight is 252 g/mol. The zero-order chi connectivity index (χ0) is 12.7. The van der Waals surface area contributed by atoms with Crippen LogP contribution in [0.5, 0.6) is 0 Å². The first-order valence-electron chi connectivity index (χ1n) is 5.59. The van der Waals surface area contributed by atoms with Crippen LogP contribution in [0.3, 0.4) is 0 Å². The predicted octanol–water partition coefficient (Wildman–Crippen LogP) is 2.85. The summed E-state index contributed by atoms with van der Waals surface area (Å²) in [6, 6.07) is 7.70. The summed E-state index contributed by atoms with van der Waals surface area (Å²) in [6.07, 6.45) is 4.37. The summed E-state index contributed by atoms with van der Waals surface area (Å²) >= 11 is 0. The summed E-state index contributed by atoms with van der Waals surface area (Å²) in [7, 11) is -3.98. The van der Waals surface area contributed by atoms with Gasteiger partial charge in [-0.15, -0.1) is 0 Å². The molecule has 0 aromatic heterocycles. The van der Waals surface area contributed by atoms with E-state index < -0.39 is 14.9 Å². The molecule has 0 spiro atoms. The Bertz CT molecular complexity index is 560. The van der Waals surface area contributed by atoms with Gasteiger partial charge < -0.3 is 0 Å². The van der Waals surface area contributed by atoms with E-state index in [1.165, 1.54) is 0 Å². The molecule has 1 saturated carbocycles. The zero-order valence-corrected chi connectivity index (χ0v) is 10.7. The van der Waals surface area contributed by atoms with Crippen LogP contribution in [0, 0.1) is 0 Å². The second kappa shape index (κ2) is 3.96. The number of hydrogen-bond acceptors (Lipinski definition) is 2. The minimum absolute atomic E-state index is 0.107. The Morgan fingerprint density at radius 3 is 2.59 bits per heavy atom. The molecule has 1 fully saturated rings. The van der Waals surface area contributed by atoms with E-state index in [0.717, 1.165) is 11.1 Å². The molecule has 0 bridgehead atoms. The number of benzene rings is 1. The Morgan fingerprint density at radius 1 is 1.41 bits per heavy atom. The lowest BCUT2D eigenvalue weighted by Gasteiger charge is -2.09. The van der Waals surface area contributed by atoms with E-state index in [1.54, 1.807) is 6.92 Å². The zero-order valence-electron chi connectivity index (χ0n) is 9.92. The summed E-state index contributed by atoms with van der Waals surface area (Å²) in [5, 5.41) is 0. The van der Waals surface area contributed by atoms with Crippen molar-refractivity contribution in [2.45, 2.75) is 30.9 Å². The molecule has 1 aromatic rings. The van der Waals surface area contributed by atoms with E-state index in [4.69, 9.17) is 0 Å². The van der Waals surface area contributed by atoms with Gasteiger partial charge in [-0.25, -0.2) is 0 Å². The molecule has 1 aliphatic carbocycles. The van der Waals surface area contributed by atoms with Crippen molar-refractivity contribution in [3.05, 3.63) is 41.5 Å². The highest BCUT2D eigenvalue weighted by Gasteiger charge is 2.60. The second-order valence-electron chi connectivity index (χ2n) is 4.67. The van der Waals surface area contributed by atoms with Crippen LogP contribution < -0.4 is 0 Å². The third-order valence-electron chi connectivity index (χ3n) is 3.49. The van der Waals surface area contributed by atoms with Gasteiger partial charge in [0.15, 0.2) is 0 Å². The molecule has 2 rings (SSSR count). The van der Waals surface area contributed by atoms with Gasteiger partial charge in [0.1, 0.15) is 4.75 Å². The van der Waals surface area contributed by atoms with Gasteiger partial charge in [-0.2, -0.15) is 8.42 Å². The molecule has 92 valence electrons. The molecular weight excluding hydrogens is 236 g/mol. The topological polar surface area (TPSA) is 54.4 Å². The van der Waals surface area contributed by atoms with Crippen LogP contribution in [-0.4, -0.2) is 17.7 Å². The van der Waals surface area contributed by atoms with Crippen LogP contribution in [0.1, 0.15) is 37.3 Å². The maximum Gasteiger partial charge on any atom is 0.271 e. The first-order valence-corrected chi connectivity index (χ1v) is 7.03. The minimum atomic E-state index is -3.98. The minimum Gasteiger partial charge on any atom is -0.285 e. The molecule has 1 N–H and O–H groups in total. The molecule has 0 aliphatic heterocycles. The van der Waals surface area contributed by atoms with E-state index >= 15 is 0 Å². The molecule has 4 heteroatoms. The van der Waals surface area contributed by atoms with Gasteiger partial charge in [0.05, 0.1) is 0 Å². The molecule has 3 nitrogen and oxygen atoms in total. The van der Waals surface area contributed by atoms with Gasteiger partial charge in [-0.05, 0) is 31.4 Å². The first-order chi connectivity index (χ1) is 7.90. The quantitative estimate of drug-likeness (QED) is 0.842. The monoisotopic (exact) mass is 252 g/mol. The largest absolute Gasteiger partial charge is 0.285 e. The van der Waals surface area contributed by atoms with Crippen LogP contribution in [0.15, 0.2) is 30.3 Å². The summed E-state index contributed by atoms with van der Waals surface area (Å²) in [4.78, 5) is 0. The normalized spacial score (nSPS) is 28.5. The molecule has 1 aliphatic rings. The number of rotatable bonds is 3. The van der Waals surface area contributed by atoms with Crippen molar-refractivity contribution < 1.29 is 13.0 Å². The fourth-order valence-electron chi connectivity index (χ4n) is 2.23. The van der Waals surface area contributed by atoms with Crippen LogP contribution in [0.25, 0.3) is 6.08 Å². The van der Waals surface area contributed by atoms with Crippen LogP contribution in [0.2, 0.25) is 0 Å². The maximum absolute atomic E-state index is 11.3. The molecule has 0 heterocycles. The van der Waals surface area contributed by atoms with Gasteiger partial charge in [-0.3, -0.25) is 4.55 Å². The van der Waals surface area contributed by atoms with E-state index in [9.17, 15) is 13.0 Å². The maximum atomic E-state index is 11.3. The van der Waals surface area contributed by atoms with Crippen molar-refractivity contribution in [1.29, 1.82) is 0 Å². The highest BCUT2D eigenvalue weighted by atomic mass is 32.2. The average Bonchev–Trinajstić information content (AvgIpc) is 2.93. The number of hydrogen-bond donors (Lipinski definition) is 1. The Hall–Kier alpha value is -1.13. The summed E-state index contributed by atoms with van der Waals surface area (Å²) in [5.74, 6) is -0.107. The predicted molar refractivity (Wildman–Crippen MR) is 68.5 cm³/mol. The van der Waals surface area contributed by atoms with Gasteiger partial charge in [0, 0.05) is 5.92 Å². The van der Waals surface area contributed by atoms with Gasteiger partial charge in [-0.1, -0.05) is 36.4 Å². The van der Waals surface area contributed by atoms with E-state index in [0.29, 0.717) is 6.42 Å². The van der Waals surface area contributed by atoms with Crippen molar-refractivity contribution >= 4 is 16.2 Å². The fraction of sp³-hybridized carbons (Fsp3) is 0.385. The Balaban J connectivity index is 2.40. The second-order valence-corrected chi connectivity index (χ2v) is 6.56. The SMILES string of the molecule is C/C=C\c1ccccc1C1C[C@@]1(C)S(=O)(=O)O. The lowest BCUT2D eigenvalue weighted by molar-refractivity contribution is 0.466. The van der Waals surface area contributed by atoms with Crippen LogP contribution in [-0.2, 0) is 10.1 Å². The Kier molecular flexibility index (Phi) is 2.87. The van der Waals surface area contributed by atoms with Crippen molar-refractivity contribution in [3.8, 4) is 0 Å². The number of allylic oxidation sites excluding steroid dienone is 1. The summed E-state index contributed by atoms with van der Waals surface area (Å²) < 4.78 is 30.8. The van der Waals surface area contributed by atoms with E-state index in [2.05, 4.69) is 0 Å². The van der Waals surface area contributed by atoms with Crippen LogP contribution in [0.4, 0.5) is 0 Å². The van der Waals surface area contributed by atoms with Crippen molar-refractivity contribution in [2.75, 3.05) is 0 Å². The molecule has 1 unspecified atom stereocenters. The highest BCUT2D eigenvalue weighted by molar-refractivity contribution is 7.87. The van der Waals surface area contributed by atoms with Gasteiger partial charge >= 0.3 is 0 Å². The smallest absolute Gasteiger partial charge is 0.271 e. The lowest BCUT2D eigenvalue weighted by Crippen LogP contribution is -2.20. The molecule has 1 aromatic carbocycles. The van der Waals surface area contributed by atoms with E-state index in [-0.39, 0.29) is 5.92 Å². The third-order valence-corrected chi connectivity index (χ3v) is 5.12. The molecule has 0 amide bonds. The standard InChI is InChI=1S/C13H16O3S/c1-3-6-10-7-4-5-8-11(10)12-9-13(12,2)17(14,15)16/h3-8,12H,9H2,1-2H3,(H,14,15,16)/b6-3-/t12?,13-/m1/s1. The molecule has 17 heavy (non-hydrogen) atoms. The summed E-state index contributed by atoms with van der Waals surface area (Å²) in [6.45, 7) is 3.52.